The lowest BCUT2D eigenvalue weighted by atomic mass is 10.1. The van der Waals surface area contributed by atoms with Crippen molar-refractivity contribution in [2.24, 2.45) is 5.73 Å². The number of amides is 1. The van der Waals surface area contributed by atoms with Gasteiger partial charge in [0, 0.05) is 5.02 Å². The standard InChI is InChI=1S/C17H13ClN2O2/c18-15-5-1-13(2-6-15)11-22-16-7-3-12(4-8-16)9-14(10-19)17(20)21/h1-9H,11H2,(H2,20,21)/b14-9+. The number of halogens is 1. The molecule has 0 aliphatic rings. The van der Waals surface area contributed by atoms with E-state index in [0.717, 1.165) is 5.56 Å². The van der Waals surface area contributed by atoms with Crippen molar-refractivity contribution in [1.29, 1.82) is 5.26 Å². The van der Waals surface area contributed by atoms with Crippen LogP contribution >= 0.6 is 11.6 Å². The maximum atomic E-state index is 11.0. The average Bonchev–Trinajstić information content (AvgIpc) is 2.53. The summed E-state index contributed by atoms with van der Waals surface area (Å²) in [5.41, 5.74) is 6.71. The van der Waals surface area contributed by atoms with Gasteiger partial charge in [-0.05, 0) is 41.5 Å². The quantitative estimate of drug-likeness (QED) is 0.679. The summed E-state index contributed by atoms with van der Waals surface area (Å²) in [6.07, 6.45) is 1.44. The van der Waals surface area contributed by atoms with E-state index in [9.17, 15) is 4.79 Å². The van der Waals surface area contributed by atoms with Crippen molar-refractivity contribution in [2.75, 3.05) is 0 Å². The largest absolute Gasteiger partial charge is 0.489 e. The van der Waals surface area contributed by atoms with Gasteiger partial charge in [-0.1, -0.05) is 35.9 Å². The van der Waals surface area contributed by atoms with E-state index < -0.39 is 5.91 Å². The monoisotopic (exact) mass is 312 g/mol. The van der Waals surface area contributed by atoms with Gasteiger partial charge in [-0.25, -0.2) is 0 Å². The number of nitrogens with zero attached hydrogens (tertiary/aromatic N) is 1. The van der Waals surface area contributed by atoms with Crippen molar-refractivity contribution in [2.45, 2.75) is 6.61 Å². The van der Waals surface area contributed by atoms with Crippen LogP contribution in [0.4, 0.5) is 0 Å². The summed E-state index contributed by atoms with van der Waals surface area (Å²) in [5.74, 6) is -0.0600. The van der Waals surface area contributed by atoms with Crippen molar-refractivity contribution in [3.8, 4) is 11.8 Å². The fourth-order valence-corrected chi connectivity index (χ4v) is 1.86. The summed E-state index contributed by atoms with van der Waals surface area (Å²) in [4.78, 5) is 11.0. The van der Waals surface area contributed by atoms with E-state index in [4.69, 9.17) is 27.3 Å². The van der Waals surface area contributed by atoms with Crippen LogP contribution in [0.5, 0.6) is 5.75 Å². The van der Waals surface area contributed by atoms with Gasteiger partial charge >= 0.3 is 0 Å². The minimum Gasteiger partial charge on any atom is -0.489 e. The number of nitriles is 1. The Morgan fingerprint density at radius 1 is 1.18 bits per heavy atom. The van der Waals surface area contributed by atoms with Crippen LogP contribution < -0.4 is 10.5 Å². The lowest BCUT2D eigenvalue weighted by Gasteiger charge is -2.06. The summed E-state index contributed by atoms with van der Waals surface area (Å²) >= 11 is 5.82. The molecule has 0 fully saturated rings. The van der Waals surface area contributed by atoms with Crippen LogP contribution in [0.25, 0.3) is 6.08 Å². The van der Waals surface area contributed by atoms with E-state index in [1.807, 2.05) is 12.1 Å². The Kier molecular flexibility index (Phi) is 5.18. The number of carbonyl (C=O) groups is 1. The molecule has 0 atom stereocenters. The Hall–Kier alpha value is -2.77. The van der Waals surface area contributed by atoms with Gasteiger partial charge in [0.15, 0.2) is 0 Å². The van der Waals surface area contributed by atoms with E-state index in [1.165, 1.54) is 6.08 Å². The third-order valence-electron chi connectivity index (χ3n) is 2.90. The van der Waals surface area contributed by atoms with Crippen molar-refractivity contribution in [1.82, 2.24) is 0 Å². The fourth-order valence-electron chi connectivity index (χ4n) is 1.73. The SMILES string of the molecule is N#C/C(=C\c1ccc(OCc2ccc(Cl)cc2)cc1)C(N)=O. The number of ether oxygens (including phenoxy) is 1. The van der Waals surface area contributed by atoms with Crippen LogP contribution in [0.1, 0.15) is 11.1 Å². The molecule has 0 heterocycles. The van der Waals surface area contributed by atoms with Gasteiger partial charge in [0.1, 0.15) is 24.0 Å². The number of hydrogen-bond donors (Lipinski definition) is 1. The molecule has 0 spiro atoms. The molecule has 0 unspecified atom stereocenters. The molecule has 0 aliphatic carbocycles. The van der Waals surface area contributed by atoms with Gasteiger partial charge in [-0.15, -0.1) is 0 Å². The molecule has 4 nitrogen and oxygen atoms in total. The molecule has 0 saturated heterocycles. The van der Waals surface area contributed by atoms with Crippen molar-refractivity contribution in [3.63, 3.8) is 0 Å². The smallest absolute Gasteiger partial charge is 0.259 e. The molecule has 5 heteroatoms. The number of benzene rings is 2. The van der Waals surface area contributed by atoms with Gasteiger partial charge in [-0.2, -0.15) is 5.26 Å². The van der Waals surface area contributed by atoms with Crippen LogP contribution in [0.2, 0.25) is 5.02 Å². The zero-order valence-electron chi connectivity index (χ0n) is 11.6. The van der Waals surface area contributed by atoms with Crippen LogP contribution in [-0.2, 0) is 11.4 Å². The molecule has 110 valence electrons. The normalized spacial score (nSPS) is 10.8. The zero-order valence-corrected chi connectivity index (χ0v) is 12.4. The van der Waals surface area contributed by atoms with Gasteiger partial charge in [0.05, 0.1) is 0 Å². The number of hydrogen-bond acceptors (Lipinski definition) is 3. The summed E-state index contributed by atoms with van der Waals surface area (Å²) in [7, 11) is 0. The molecule has 0 saturated carbocycles. The van der Waals surface area contributed by atoms with E-state index >= 15 is 0 Å². The highest BCUT2D eigenvalue weighted by Crippen LogP contribution is 2.17. The summed E-state index contributed by atoms with van der Waals surface area (Å²) in [5, 5.41) is 9.47. The number of nitrogens with two attached hydrogens (primary N) is 1. The summed E-state index contributed by atoms with van der Waals surface area (Å²) in [6.45, 7) is 0.428. The molecule has 1 amide bonds. The van der Waals surface area contributed by atoms with Crippen LogP contribution in [0, 0.1) is 11.3 Å². The highest BCUT2D eigenvalue weighted by atomic mass is 35.5. The van der Waals surface area contributed by atoms with Gasteiger partial charge in [0.25, 0.3) is 5.91 Å². The van der Waals surface area contributed by atoms with Crippen LogP contribution in [0.3, 0.4) is 0 Å². The maximum absolute atomic E-state index is 11.0. The number of carbonyl (C=O) groups excluding carboxylic acids is 1. The topological polar surface area (TPSA) is 76.1 Å². The first-order valence-electron chi connectivity index (χ1n) is 6.47. The highest BCUT2D eigenvalue weighted by molar-refractivity contribution is 6.30. The summed E-state index contributed by atoms with van der Waals surface area (Å²) < 4.78 is 5.65. The molecular weight excluding hydrogens is 300 g/mol. The molecule has 0 bridgehead atoms. The lowest BCUT2D eigenvalue weighted by molar-refractivity contribution is -0.114. The molecule has 0 aromatic heterocycles. The number of primary amides is 1. The predicted molar refractivity (Wildman–Crippen MR) is 85.0 cm³/mol. The van der Waals surface area contributed by atoms with E-state index in [0.29, 0.717) is 22.9 Å². The molecule has 0 radical (unpaired) electrons. The first-order valence-corrected chi connectivity index (χ1v) is 6.85. The van der Waals surface area contributed by atoms with Gasteiger partial charge < -0.3 is 10.5 Å². The lowest BCUT2D eigenvalue weighted by Crippen LogP contribution is -2.12. The maximum Gasteiger partial charge on any atom is 0.259 e. The van der Waals surface area contributed by atoms with Gasteiger partial charge in [0.2, 0.25) is 0 Å². The second-order valence-corrected chi connectivity index (χ2v) is 4.95. The van der Waals surface area contributed by atoms with Crippen molar-refractivity contribution < 1.29 is 9.53 Å². The van der Waals surface area contributed by atoms with Crippen molar-refractivity contribution in [3.05, 3.63) is 70.3 Å². The Morgan fingerprint density at radius 2 is 1.82 bits per heavy atom. The molecule has 2 rings (SSSR count). The number of rotatable bonds is 5. The van der Waals surface area contributed by atoms with E-state index in [-0.39, 0.29) is 5.57 Å². The van der Waals surface area contributed by atoms with Crippen molar-refractivity contribution >= 4 is 23.6 Å². The van der Waals surface area contributed by atoms with Crippen LogP contribution in [-0.4, -0.2) is 5.91 Å². The average molecular weight is 313 g/mol. The minimum atomic E-state index is -0.745. The predicted octanol–water partition coefficient (Wildman–Crippen LogP) is 3.31. The molecule has 2 N–H and O–H groups in total. The van der Waals surface area contributed by atoms with Crippen LogP contribution in [0.15, 0.2) is 54.1 Å². The van der Waals surface area contributed by atoms with Gasteiger partial charge in [-0.3, -0.25) is 4.79 Å². The minimum absolute atomic E-state index is 0.0881. The third kappa shape index (κ3) is 4.37. The Bertz CT molecular complexity index is 729. The van der Waals surface area contributed by atoms with E-state index in [2.05, 4.69) is 0 Å². The molecule has 2 aromatic carbocycles. The molecule has 0 aliphatic heterocycles. The molecular formula is C17H13ClN2O2. The molecule has 22 heavy (non-hydrogen) atoms. The first kappa shape index (κ1) is 15.6. The highest BCUT2D eigenvalue weighted by Gasteiger charge is 2.03. The Morgan fingerprint density at radius 3 is 2.36 bits per heavy atom. The second kappa shape index (κ2) is 7.30. The molecule has 2 aromatic rings. The zero-order chi connectivity index (χ0) is 15.9. The first-order chi connectivity index (χ1) is 10.6. The second-order valence-electron chi connectivity index (χ2n) is 4.52. The van der Waals surface area contributed by atoms with E-state index in [1.54, 1.807) is 42.5 Å². The fraction of sp³-hybridized carbons (Fsp3) is 0.0588. The Labute approximate surface area is 133 Å². The Balaban J connectivity index is 2.02. The third-order valence-corrected chi connectivity index (χ3v) is 3.15. The summed E-state index contributed by atoms with van der Waals surface area (Å²) in [6, 6.07) is 16.2.